The van der Waals surface area contributed by atoms with Crippen molar-refractivity contribution in [2.75, 3.05) is 46.4 Å². The van der Waals surface area contributed by atoms with Crippen molar-refractivity contribution >= 4 is 5.91 Å². The van der Waals surface area contributed by atoms with Crippen LogP contribution >= 0.6 is 0 Å². The van der Waals surface area contributed by atoms with Crippen LogP contribution in [0.3, 0.4) is 0 Å². The van der Waals surface area contributed by atoms with E-state index in [0.29, 0.717) is 19.2 Å². The van der Waals surface area contributed by atoms with Gasteiger partial charge in [-0.1, -0.05) is 0 Å². The molecule has 0 radical (unpaired) electrons. The molecule has 122 valence electrons. The van der Waals surface area contributed by atoms with Crippen molar-refractivity contribution in [2.24, 2.45) is 0 Å². The van der Waals surface area contributed by atoms with E-state index in [1.165, 1.54) is 38.8 Å². The molecular weight excluding hydrogens is 266 g/mol. The second kappa shape index (κ2) is 8.71. The monoisotopic (exact) mass is 297 g/mol. The summed E-state index contributed by atoms with van der Waals surface area (Å²) in [6, 6.07) is 0.642. The van der Waals surface area contributed by atoms with Gasteiger partial charge in [0.25, 0.3) is 0 Å². The molecule has 0 unspecified atom stereocenters. The first-order chi connectivity index (χ1) is 10.2. The topological polar surface area (TPSA) is 44.8 Å². The van der Waals surface area contributed by atoms with Crippen LogP contribution in [0.15, 0.2) is 0 Å². The number of rotatable bonds is 7. The number of hydrogen-bond acceptors (Lipinski definition) is 4. The van der Waals surface area contributed by atoms with Crippen LogP contribution in [0.25, 0.3) is 0 Å². The average Bonchev–Trinajstić information content (AvgIpc) is 3.05. The molecule has 0 saturated carbocycles. The standard InChI is InChI=1S/C16H31N3O2/c1-14(16(20)17-8-6-12-21-2)19-11-5-7-15(13-19)18-9-3-4-10-18/h14-15H,3-13H2,1-2H3,(H,17,20)/t14-,15-/m1/s1. The number of amides is 1. The van der Waals surface area contributed by atoms with Crippen molar-refractivity contribution in [3.8, 4) is 0 Å². The molecule has 0 aromatic rings. The van der Waals surface area contributed by atoms with E-state index < -0.39 is 0 Å². The number of carbonyl (C=O) groups excluding carboxylic acids is 1. The molecule has 2 fully saturated rings. The number of methoxy groups -OCH3 is 1. The van der Waals surface area contributed by atoms with Crippen LogP contribution in [-0.4, -0.2) is 74.2 Å². The summed E-state index contributed by atoms with van der Waals surface area (Å²) >= 11 is 0. The lowest BCUT2D eigenvalue weighted by atomic mass is 10.0. The Morgan fingerprint density at radius 1 is 1.29 bits per heavy atom. The van der Waals surface area contributed by atoms with E-state index in [1.54, 1.807) is 7.11 Å². The molecule has 2 atom stereocenters. The summed E-state index contributed by atoms with van der Waals surface area (Å²) in [4.78, 5) is 17.2. The Morgan fingerprint density at radius 3 is 2.76 bits per heavy atom. The van der Waals surface area contributed by atoms with Crippen LogP contribution in [0.2, 0.25) is 0 Å². The highest BCUT2D eigenvalue weighted by Crippen LogP contribution is 2.21. The second-order valence-corrected chi connectivity index (χ2v) is 6.35. The van der Waals surface area contributed by atoms with E-state index in [9.17, 15) is 4.79 Å². The van der Waals surface area contributed by atoms with Crippen LogP contribution < -0.4 is 5.32 Å². The number of likely N-dealkylation sites (tertiary alicyclic amines) is 2. The predicted molar refractivity (Wildman–Crippen MR) is 84.4 cm³/mol. The van der Waals surface area contributed by atoms with Crippen LogP contribution in [-0.2, 0) is 9.53 Å². The smallest absolute Gasteiger partial charge is 0.237 e. The van der Waals surface area contributed by atoms with Crippen molar-refractivity contribution in [1.29, 1.82) is 0 Å². The summed E-state index contributed by atoms with van der Waals surface area (Å²) in [7, 11) is 1.69. The summed E-state index contributed by atoms with van der Waals surface area (Å²) in [6.07, 6.45) is 6.06. The van der Waals surface area contributed by atoms with Gasteiger partial charge in [-0.25, -0.2) is 0 Å². The molecular formula is C16H31N3O2. The summed E-state index contributed by atoms with van der Waals surface area (Å²) < 4.78 is 5.00. The third-order valence-corrected chi connectivity index (χ3v) is 4.84. The summed E-state index contributed by atoms with van der Waals surface area (Å²) in [5.74, 6) is 0.160. The minimum absolute atomic E-state index is 0.0158. The molecule has 0 spiro atoms. The molecule has 2 saturated heterocycles. The zero-order valence-electron chi connectivity index (χ0n) is 13.6. The van der Waals surface area contributed by atoms with Gasteiger partial charge in [-0.2, -0.15) is 0 Å². The highest BCUT2D eigenvalue weighted by molar-refractivity contribution is 5.81. The highest BCUT2D eigenvalue weighted by Gasteiger charge is 2.31. The first-order valence-corrected chi connectivity index (χ1v) is 8.47. The third kappa shape index (κ3) is 4.94. The number of nitrogens with one attached hydrogen (secondary N) is 1. The highest BCUT2D eigenvalue weighted by atomic mass is 16.5. The van der Waals surface area contributed by atoms with Crippen molar-refractivity contribution in [2.45, 2.75) is 51.1 Å². The lowest BCUT2D eigenvalue weighted by Gasteiger charge is -2.39. The molecule has 2 aliphatic heterocycles. The summed E-state index contributed by atoms with van der Waals surface area (Å²) in [6.45, 7) is 8.05. The molecule has 2 aliphatic rings. The van der Waals surface area contributed by atoms with Gasteiger partial charge in [0, 0.05) is 32.8 Å². The van der Waals surface area contributed by atoms with E-state index in [2.05, 4.69) is 15.1 Å². The average molecular weight is 297 g/mol. The zero-order chi connectivity index (χ0) is 15.1. The fourth-order valence-corrected chi connectivity index (χ4v) is 3.48. The SMILES string of the molecule is COCCCNC(=O)[C@@H](C)N1CCC[C@@H](N2CCCC2)C1. The Kier molecular flexibility index (Phi) is 6.93. The number of ether oxygens (including phenoxy) is 1. The van der Waals surface area contributed by atoms with Crippen LogP contribution in [0.5, 0.6) is 0 Å². The number of piperidine rings is 1. The molecule has 0 aromatic heterocycles. The lowest BCUT2D eigenvalue weighted by Crippen LogP contribution is -2.53. The van der Waals surface area contributed by atoms with Gasteiger partial charge in [-0.05, 0) is 58.7 Å². The summed E-state index contributed by atoms with van der Waals surface area (Å²) in [5, 5.41) is 3.02. The molecule has 0 bridgehead atoms. The quantitative estimate of drug-likeness (QED) is 0.715. The largest absolute Gasteiger partial charge is 0.385 e. The maximum absolute atomic E-state index is 12.2. The fourth-order valence-electron chi connectivity index (χ4n) is 3.48. The van der Waals surface area contributed by atoms with Crippen molar-refractivity contribution in [3.05, 3.63) is 0 Å². The van der Waals surface area contributed by atoms with Crippen LogP contribution in [0, 0.1) is 0 Å². The Bertz CT molecular complexity index is 319. The van der Waals surface area contributed by atoms with Gasteiger partial charge >= 0.3 is 0 Å². The Hall–Kier alpha value is -0.650. The maximum atomic E-state index is 12.2. The molecule has 21 heavy (non-hydrogen) atoms. The first kappa shape index (κ1) is 16.7. The van der Waals surface area contributed by atoms with E-state index >= 15 is 0 Å². The number of hydrogen-bond donors (Lipinski definition) is 1. The van der Waals surface area contributed by atoms with Crippen molar-refractivity contribution in [1.82, 2.24) is 15.1 Å². The lowest BCUT2D eigenvalue weighted by molar-refractivity contribution is -0.126. The van der Waals surface area contributed by atoms with Gasteiger partial charge in [0.1, 0.15) is 0 Å². The molecule has 0 aliphatic carbocycles. The van der Waals surface area contributed by atoms with Crippen molar-refractivity contribution < 1.29 is 9.53 Å². The van der Waals surface area contributed by atoms with Gasteiger partial charge in [0.15, 0.2) is 0 Å². The van der Waals surface area contributed by atoms with Crippen molar-refractivity contribution in [3.63, 3.8) is 0 Å². The molecule has 2 heterocycles. The maximum Gasteiger partial charge on any atom is 0.237 e. The fraction of sp³-hybridized carbons (Fsp3) is 0.938. The molecule has 5 nitrogen and oxygen atoms in total. The first-order valence-electron chi connectivity index (χ1n) is 8.47. The second-order valence-electron chi connectivity index (χ2n) is 6.35. The van der Waals surface area contributed by atoms with Gasteiger partial charge in [0.05, 0.1) is 6.04 Å². The van der Waals surface area contributed by atoms with E-state index in [4.69, 9.17) is 4.74 Å². The van der Waals surface area contributed by atoms with E-state index in [0.717, 1.165) is 19.5 Å². The van der Waals surface area contributed by atoms with Crippen LogP contribution in [0.4, 0.5) is 0 Å². The molecule has 5 heteroatoms. The Balaban J connectivity index is 1.75. The molecule has 1 amide bonds. The molecule has 0 aromatic carbocycles. The van der Waals surface area contributed by atoms with Crippen LogP contribution in [0.1, 0.15) is 39.0 Å². The van der Waals surface area contributed by atoms with E-state index in [1.807, 2.05) is 6.92 Å². The minimum Gasteiger partial charge on any atom is -0.385 e. The molecule has 2 rings (SSSR count). The van der Waals surface area contributed by atoms with Gasteiger partial charge in [0.2, 0.25) is 5.91 Å². The zero-order valence-corrected chi connectivity index (χ0v) is 13.6. The summed E-state index contributed by atoms with van der Waals surface area (Å²) in [5.41, 5.74) is 0. The number of nitrogens with zero attached hydrogens (tertiary/aromatic N) is 2. The predicted octanol–water partition coefficient (Wildman–Crippen LogP) is 1.09. The third-order valence-electron chi connectivity index (χ3n) is 4.84. The Labute approximate surface area is 129 Å². The normalized spacial score (nSPS) is 25.9. The molecule has 1 N–H and O–H groups in total. The number of carbonyl (C=O) groups is 1. The van der Waals surface area contributed by atoms with Gasteiger partial charge in [-0.15, -0.1) is 0 Å². The van der Waals surface area contributed by atoms with Gasteiger partial charge in [-0.3, -0.25) is 14.6 Å². The minimum atomic E-state index is -0.0158. The Morgan fingerprint density at radius 2 is 2.05 bits per heavy atom. The van der Waals surface area contributed by atoms with Gasteiger partial charge < -0.3 is 10.1 Å². The van der Waals surface area contributed by atoms with E-state index in [-0.39, 0.29) is 11.9 Å².